The van der Waals surface area contributed by atoms with Crippen LogP contribution in [0, 0.1) is 76.4 Å². The van der Waals surface area contributed by atoms with Crippen LogP contribution in [0.2, 0.25) is 0 Å². The number of carbonyl (C=O) groups excluding carboxylic acids is 5. The number of aliphatic hydroxyl groups excluding tert-OH is 1. The quantitative estimate of drug-likeness (QED) is 0.00780. The SMILES string of the molecule is CC(C)C[C@H](NC(=O)OC(C)(C)C)C(=O)O.CCC(CC)CO.CCC(CC)COC(=O)[C@@H]([NH3+])CC(C)C.CCC(CC)COC(=O)[C@H](CC(C)C)NC(=O)OC(C)(C)C.CCC(CC)COC(=O)[C@H](CC(C)C)N[P@](=O)(Oc1ccccc1)Oc1c(F)c(F)c(F)c(F)c1F.Cl.O=P(Cl)(Cl)Oc1ccccc1.[Cl-]. The maximum absolute atomic E-state index is 14.3. The molecule has 22 nitrogen and oxygen atoms in total. The molecule has 0 saturated carbocycles. The molecule has 33 heteroatoms. The first-order valence-corrected chi connectivity index (χ1v) is 41.8. The van der Waals surface area contributed by atoms with Gasteiger partial charge in [0, 0.05) is 35.5 Å². The molecule has 3 rings (SSSR count). The molecule has 5 atom stereocenters. The molecule has 0 heterocycles. The lowest BCUT2D eigenvalue weighted by molar-refractivity contribution is -0.411. The number of carbonyl (C=O) groups is 6. The molecule has 8 N–H and O–H groups in total. The molecule has 634 valence electrons. The summed E-state index contributed by atoms with van der Waals surface area (Å²) in [6.07, 6.45) is 4.79. The Balaban J connectivity index is -0.000000426. The van der Waals surface area contributed by atoms with Crippen molar-refractivity contribution in [2.75, 3.05) is 26.4 Å². The number of amides is 2. The van der Waals surface area contributed by atoms with Crippen LogP contribution in [0.15, 0.2) is 60.7 Å². The van der Waals surface area contributed by atoms with E-state index in [-0.39, 0.29) is 85.2 Å². The van der Waals surface area contributed by atoms with Crippen molar-refractivity contribution in [3.8, 4) is 17.2 Å². The summed E-state index contributed by atoms with van der Waals surface area (Å²) in [6, 6.07) is 12.6. The first kappa shape index (κ1) is 112. The molecule has 0 saturated heterocycles. The smallest absolute Gasteiger partial charge is 0.513 e. The first-order chi connectivity index (χ1) is 49.5. The minimum Gasteiger partial charge on any atom is -1.00 e. The zero-order valence-electron chi connectivity index (χ0n) is 68.0. The van der Waals surface area contributed by atoms with Crippen LogP contribution < -0.4 is 47.4 Å². The van der Waals surface area contributed by atoms with Crippen LogP contribution in [0.4, 0.5) is 31.5 Å². The maximum Gasteiger partial charge on any atom is 0.513 e. The van der Waals surface area contributed by atoms with E-state index in [0.717, 1.165) is 57.8 Å². The maximum atomic E-state index is 14.3. The topological polar surface area (TPSA) is 315 Å². The van der Waals surface area contributed by atoms with Gasteiger partial charge in [-0.25, -0.2) is 46.3 Å². The number of quaternary nitrogens is 1. The lowest BCUT2D eigenvalue weighted by Crippen LogP contribution is -3.00. The van der Waals surface area contributed by atoms with Crippen molar-refractivity contribution in [1.82, 2.24) is 15.7 Å². The molecule has 0 fully saturated rings. The largest absolute Gasteiger partial charge is 1.00 e. The number of carboxylic acids is 1. The van der Waals surface area contributed by atoms with Gasteiger partial charge >= 0.3 is 49.9 Å². The van der Waals surface area contributed by atoms with E-state index in [4.69, 9.17) is 65.4 Å². The Hall–Kier alpha value is -5.37. The lowest BCUT2D eigenvalue weighted by atomic mass is 10.0. The fraction of sp³-hybridized carbons (Fsp3) is 0.684. The average molecular weight is 1690 g/mol. The Morgan fingerprint density at radius 2 is 0.771 bits per heavy atom. The van der Waals surface area contributed by atoms with Crippen LogP contribution in [-0.4, -0.2) is 108 Å². The standard InChI is InChI=1S/C24H29F5NO5P.C17H33NO4.C12H25NO2.C11H21NO4.C6H5Cl2O2P.C6H14O.2ClH/c1-5-15(6-2)13-33-24(31)17(12-14(3)4)30-36(32,34-16-10-8-7-9-11-16)35-23-21(28)19(26)18(25)20(27)22(23)29;1-8-13(9-2)11-21-15(19)14(10-12(3)4)18-16(20)22-17(5,6)7;1-5-10(6-2)8-15-12(14)11(13)7-9(3)4;1-7(2)6-8(9(13)14)12-10(15)16-11(3,4)5;7-11(8,9)10-6-4-2-1-3-5-6;1-3-6(4-2)5-7;;/h7-11,14-15,17H,5-6,12-13H2,1-4H3,(H,30,32);12-14H,8-11H2,1-7H3,(H,18,20);9-11H,5-8,13H2,1-4H3;7-8H,6H2,1-5H3,(H,12,15)(H,13,14);1-5H;6-7H,3-5H2,1-2H3;2*1H/t17-,36-;14-;11-;8-;;;;/m0000..../s1. The van der Waals surface area contributed by atoms with E-state index < -0.39 is 102 Å². The summed E-state index contributed by atoms with van der Waals surface area (Å²) in [4.78, 5) is 70.7. The predicted molar refractivity (Wildman–Crippen MR) is 417 cm³/mol. The van der Waals surface area contributed by atoms with Crippen LogP contribution >= 0.6 is 48.7 Å². The minimum absolute atomic E-state index is 0. The molecule has 0 radical (unpaired) electrons. The van der Waals surface area contributed by atoms with Crippen LogP contribution in [0.5, 0.6) is 17.2 Å². The van der Waals surface area contributed by atoms with E-state index in [2.05, 4.69) is 81.4 Å². The molecule has 0 aliphatic carbocycles. The Morgan fingerprint density at radius 3 is 1.07 bits per heavy atom. The van der Waals surface area contributed by atoms with Crippen LogP contribution in [0.25, 0.3) is 0 Å². The van der Waals surface area contributed by atoms with Gasteiger partial charge in [-0.1, -0.05) is 199 Å². The molecular weight excluding hydrogens is 1560 g/mol. The molecule has 0 unspecified atom stereocenters. The predicted octanol–water partition coefficient (Wildman–Crippen LogP) is 17.0. The third-order valence-corrected chi connectivity index (χ3v) is 17.7. The molecule has 3 aromatic rings. The number of ether oxygens (including phenoxy) is 5. The van der Waals surface area contributed by atoms with E-state index in [0.29, 0.717) is 62.1 Å². The Labute approximate surface area is 667 Å². The summed E-state index contributed by atoms with van der Waals surface area (Å²) in [7, 11) is -4.99. The highest BCUT2D eigenvalue weighted by Gasteiger charge is 2.40. The molecule has 109 heavy (non-hydrogen) atoms. The molecule has 0 spiro atoms. The van der Waals surface area contributed by atoms with Gasteiger partial charge in [-0.2, -0.15) is 13.9 Å². The lowest BCUT2D eigenvalue weighted by Gasteiger charge is -2.26. The number of aliphatic carboxylic acids is 1. The van der Waals surface area contributed by atoms with Gasteiger partial charge in [0.05, 0.1) is 19.8 Å². The Morgan fingerprint density at radius 1 is 0.468 bits per heavy atom. The zero-order chi connectivity index (χ0) is 83.2. The first-order valence-electron chi connectivity index (χ1n) is 36.8. The summed E-state index contributed by atoms with van der Waals surface area (Å²) in [5.74, 6) is -13.4. The molecule has 0 aliphatic rings. The number of nitrogens with one attached hydrogen (secondary N) is 3. The van der Waals surface area contributed by atoms with E-state index >= 15 is 0 Å². The summed E-state index contributed by atoms with van der Waals surface area (Å²) >= 11 is 10.3. The third-order valence-electron chi connectivity index (χ3n) is 15.3. The van der Waals surface area contributed by atoms with E-state index in [9.17, 15) is 59.8 Å². The van der Waals surface area contributed by atoms with Gasteiger partial charge in [-0.15, -0.1) is 12.4 Å². The van der Waals surface area contributed by atoms with Gasteiger partial charge in [0.2, 0.25) is 34.8 Å². The number of hydrogen-bond donors (Lipinski definition) is 6. The second-order valence-electron chi connectivity index (χ2n) is 29.1. The van der Waals surface area contributed by atoms with Gasteiger partial charge in [0.25, 0.3) is 0 Å². The highest BCUT2D eigenvalue weighted by atomic mass is 35.9. The third kappa shape index (κ3) is 54.9. The minimum atomic E-state index is -4.99. The van der Waals surface area contributed by atoms with E-state index in [1.807, 2.05) is 41.5 Å². The summed E-state index contributed by atoms with van der Waals surface area (Å²) in [5.41, 5.74) is 2.62. The van der Waals surface area contributed by atoms with Crippen molar-refractivity contribution in [3.05, 3.63) is 89.7 Å². The monoisotopic (exact) mass is 1680 g/mol. The normalized spacial score (nSPS) is 12.8. The van der Waals surface area contributed by atoms with Crippen molar-refractivity contribution >= 4 is 84.8 Å². The van der Waals surface area contributed by atoms with Crippen molar-refractivity contribution in [1.29, 1.82) is 0 Å². The van der Waals surface area contributed by atoms with Gasteiger partial charge < -0.3 is 76.2 Å². The average Bonchev–Trinajstić information content (AvgIpc) is 0.781. The van der Waals surface area contributed by atoms with Crippen molar-refractivity contribution in [3.63, 3.8) is 0 Å². The fourth-order valence-corrected chi connectivity index (χ4v) is 11.3. The molecule has 0 bridgehead atoms. The second-order valence-corrected chi connectivity index (χ2v) is 35.0. The summed E-state index contributed by atoms with van der Waals surface area (Å²) in [5, 5.41) is 24.7. The van der Waals surface area contributed by atoms with Gasteiger partial charge in [-0.3, -0.25) is 4.79 Å². The highest BCUT2D eigenvalue weighted by Crippen LogP contribution is 2.57. The van der Waals surface area contributed by atoms with Gasteiger partial charge in [0.1, 0.15) is 40.8 Å². The number of rotatable bonds is 37. The molecule has 2 amide bonds. The number of esters is 3. The Kier molecular flexibility index (Phi) is 61.1. The number of alkyl carbamates (subject to hydrolysis) is 2. The number of benzene rings is 3. The Bertz CT molecular complexity index is 3060. The van der Waals surface area contributed by atoms with E-state index in [1.165, 1.54) is 24.3 Å². The number of hydrogen-bond acceptors (Lipinski definition) is 17. The number of carboxylic acid groups (broad SMARTS) is 1. The number of para-hydroxylation sites is 2. The molecule has 0 aliphatic heterocycles. The fourth-order valence-electron chi connectivity index (χ4n) is 8.93. The van der Waals surface area contributed by atoms with Crippen LogP contribution in [0.1, 0.15) is 229 Å². The summed E-state index contributed by atoms with van der Waals surface area (Å²) < 4.78 is 135. The van der Waals surface area contributed by atoms with Gasteiger partial charge in [0.15, 0.2) is 6.04 Å². The van der Waals surface area contributed by atoms with Crippen molar-refractivity contribution in [2.45, 2.75) is 265 Å². The van der Waals surface area contributed by atoms with E-state index in [1.54, 1.807) is 91.8 Å². The second kappa shape index (κ2) is 59.4. The number of aliphatic hydroxyl groups is 1. The van der Waals surface area contributed by atoms with Crippen molar-refractivity contribution < 1.29 is 125 Å². The van der Waals surface area contributed by atoms with Crippen molar-refractivity contribution in [2.24, 2.45) is 47.3 Å². The van der Waals surface area contributed by atoms with Crippen LogP contribution in [0.3, 0.4) is 0 Å². The van der Waals surface area contributed by atoms with Gasteiger partial charge in [-0.05, 0) is 132 Å². The summed E-state index contributed by atoms with van der Waals surface area (Å²) in [6.45, 7) is 43.8. The number of halogens is 9. The zero-order valence-corrected chi connectivity index (χ0v) is 72.8. The molecule has 0 aromatic heterocycles. The highest BCUT2D eigenvalue weighted by molar-refractivity contribution is 8.05. The molecule has 3 aromatic carbocycles. The molecular formula is C76H129Cl4F5N4O18P2. The van der Waals surface area contributed by atoms with Crippen LogP contribution in [-0.2, 0) is 52.0 Å².